The molecule has 0 aromatic carbocycles. The van der Waals surface area contributed by atoms with Gasteiger partial charge in [0, 0.05) is 25.9 Å². The number of nitrogens with one attached hydrogen (secondary N) is 1. The van der Waals surface area contributed by atoms with Gasteiger partial charge in [-0.05, 0) is 20.3 Å². The number of amides is 2. The van der Waals surface area contributed by atoms with E-state index < -0.39 is 5.54 Å². The van der Waals surface area contributed by atoms with Crippen molar-refractivity contribution in [3.05, 3.63) is 11.7 Å². The Labute approximate surface area is 117 Å². The second-order valence-electron chi connectivity index (χ2n) is 5.26. The molecule has 7 heteroatoms. The van der Waals surface area contributed by atoms with Crippen molar-refractivity contribution in [3.63, 3.8) is 0 Å². The molecular formula is C13H20N4O3. The van der Waals surface area contributed by atoms with Crippen LogP contribution in [-0.2, 0) is 16.0 Å². The van der Waals surface area contributed by atoms with Crippen molar-refractivity contribution in [2.24, 2.45) is 0 Å². The highest BCUT2D eigenvalue weighted by Gasteiger charge is 2.38. The lowest BCUT2D eigenvalue weighted by Crippen LogP contribution is -2.54. The molecule has 1 aromatic heterocycles. The first kappa shape index (κ1) is 14.5. The molecule has 1 aliphatic heterocycles. The molecule has 0 saturated carbocycles. The molecule has 1 saturated heterocycles. The monoisotopic (exact) mass is 280 g/mol. The van der Waals surface area contributed by atoms with Crippen molar-refractivity contribution >= 4 is 11.8 Å². The summed E-state index contributed by atoms with van der Waals surface area (Å²) in [6, 6.07) is 0. The van der Waals surface area contributed by atoms with E-state index in [0.29, 0.717) is 44.1 Å². The molecule has 0 aliphatic carbocycles. The Kier molecular flexibility index (Phi) is 4.06. The highest BCUT2D eigenvalue weighted by molar-refractivity contribution is 5.93. The summed E-state index contributed by atoms with van der Waals surface area (Å²) in [4.78, 5) is 30.0. The van der Waals surface area contributed by atoms with Crippen molar-refractivity contribution in [3.8, 4) is 0 Å². The van der Waals surface area contributed by atoms with Crippen LogP contribution in [0.4, 0.5) is 0 Å². The maximum atomic E-state index is 12.5. The lowest BCUT2D eigenvalue weighted by molar-refractivity contribution is -0.138. The second kappa shape index (κ2) is 5.60. The SMILES string of the molecule is CCC1(C)NC(=O)CCN(CCc2nc(C)no2)C1=O. The van der Waals surface area contributed by atoms with Crippen LogP contribution in [0.25, 0.3) is 0 Å². The van der Waals surface area contributed by atoms with Gasteiger partial charge in [-0.3, -0.25) is 9.59 Å². The van der Waals surface area contributed by atoms with Gasteiger partial charge in [0.05, 0.1) is 0 Å². The number of rotatable bonds is 4. The lowest BCUT2D eigenvalue weighted by atomic mass is 9.97. The van der Waals surface area contributed by atoms with E-state index in [1.165, 1.54) is 0 Å². The molecular weight excluding hydrogens is 260 g/mol. The van der Waals surface area contributed by atoms with Gasteiger partial charge in [0.15, 0.2) is 5.82 Å². The van der Waals surface area contributed by atoms with Gasteiger partial charge in [-0.1, -0.05) is 12.1 Å². The Morgan fingerprint density at radius 3 is 2.80 bits per heavy atom. The summed E-state index contributed by atoms with van der Waals surface area (Å²) < 4.78 is 5.04. The van der Waals surface area contributed by atoms with Crippen molar-refractivity contribution in [2.75, 3.05) is 13.1 Å². The summed E-state index contributed by atoms with van der Waals surface area (Å²) >= 11 is 0. The molecule has 20 heavy (non-hydrogen) atoms. The van der Waals surface area contributed by atoms with Crippen LogP contribution >= 0.6 is 0 Å². The Morgan fingerprint density at radius 1 is 1.45 bits per heavy atom. The molecule has 1 aliphatic rings. The molecule has 1 N–H and O–H groups in total. The Balaban J connectivity index is 2.06. The average Bonchev–Trinajstić information content (AvgIpc) is 2.79. The van der Waals surface area contributed by atoms with Gasteiger partial charge in [0.25, 0.3) is 0 Å². The smallest absolute Gasteiger partial charge is 0.248 e. The summed E-state index contributed by atoms with van der Waals surface area (Å²) in [7, 11) is 0. The van der Waals surface area contributed by atoms with Gasteiger partial charge >= 0.3 is 0 Å². The van der Waals surface area contributed by atoms with Crippen LogP contribution in [-0.4, -0.2) is 45.5 Å². The fraction of sp³-hybridized carbons (Fsp3) is 0.692. The van der Waals surface area contributed by atoms with Crippen LogP contribution in [0.3, 0.4) is 0 Å². The van der Waals surface area contributed by atoms with Crippen LogP contribution in [0.5, 0.6) is 0 Å². The summed E-state index contributed by atoms with van der Waals surface area (Å²) in [6.07, 6.45) is 1.39. The summed E-state index contributed by atoms with van der Waals surface area (Å²) in [5, 5.41) is 6.52. The van der Waals surface area contributed by atoms with E-state index in [-0.39, 0.29) is 11.8 Å². The maximum absolute atomic E-state index is 12.5. The third-order valence-corrected chi connectivity index (χ3v) is 3.66. The van der Waals surface area contributed by atoms with E-state index in [4.69, 9.17) is 4.52 Å². The summed E-state index contributed by atoms with van der Waals surface area (Å²) in [5.41, 5.74) is -0.821. The van der Waals surface area contributed by atoms with E-state index in [2.05, 4.69) is 15.5 Å². The van der Waals surface area contributed by atoms with Gasteiger partial charge in [-0.2, -0.15) is 4.98 Å². The minimum Gasteiger partial charge on any atom is -0.342 e. The average molecular weight is 280 g/mol. The highest BCUT2D eigenvalue weighted by atomic mass is 16.5. The number of carbonyl (C=O) groups is 2. The number of hydrogen-bond acceptors (Lipinski definition) is 5. The number of aromatic nitrogens is 2. The van der Waals surface area contributed by atoms with Gasteiger partial charge < -0.3 is 14.7 Å². The molecule has 1 unspecified atom stereocenters. The number of carbonyl (C=O) groups excluding carboxylic acids is 2. The van der Waals surface area contributed by atoms with E-state index in [9.17, 15) is 9.59 Å². The number of aryl methyl sites for hydroxylation is 1. The molecule has 110 valence electrons. The molecule has 1 atom stereocenters. The molecule has 0 bridgehead atoms. The van der Waals surface area contributed by atoms with Crippen LogP contribution in [0.1, 0.15) is 38.4 Å². The van der Waals surface area contributed by atoms with Crippen molar-refractivity contribution in [1.82, 2.24) is 20.4 Å². The minimum absolute atomic E-state index is 0.0536. The molecule has 2 amide bonds. The lowest BCUT2D eigenvalue weighted by Gasteiger charge is -2.30. The Hall–Kier alpha value is -1.92. The third kappa shape index (κ3) is 2.97. The van der Waals surface area contributed by atoms with Crippen molar-refractivity contribution < 1.29 is 14.1 Å². The molecule has 0 radical (unpaired) electrons. The van der Waals surface area contributed by atoms with Gasteiger partial charge in [-0.25, -0.2) is 0 Å². The largest absolute Gasteiger partial charge is 0.342 e. The fourth-order valence-corrected chi connectivity index (χ4v) is 2.24. The number of hydrogen-bond donors (Lipinski definition) is 1. The van der Waals surface area contributed by atoms with Crippen LogP contribution in [0.2, 0.25) is 0 Å². The molecule has 7 nitrogen and oxygen atoms in total. The predicted molar refractivity (Wildman–Crippen MR) is 70.8 cm³/mol. The fourth-order valence-electron chi connectivity index (χ4n) is 2.24. The molecule has 2 rings (SSSR count). The topological polar surface area (TPSA) is 88.3 Å². The first-order chi connectivity index (χ1) is 9.44. The second-order valence-corrected chi connectivity index (χ2v) is 5.26. The third-order valence-electron chi connectivity index (χ3n) is 3.66. The van der Waals surface area contributed by atoms with E-state index in [1.54, 1.807) is 18.7 Å². The predicted octanol–water partition coefficient (Wildman–Crippen LogP) is 0.438. The minimum atomic E-state index is -0.821. The summed E-state index contributed by atoms with van der Waals surface area (Å²) in [6.45, 7) is 6.31. The van der Waals surface area contributed by atoms with E-state index in [0.717, 1.165) is 0 Å². The van der Waals surface area contributed by atoms with Crippen molar-refractivity contribution in [1.29, 1.82) is 0 Å². The zero-order valence-corrected chi connectivity index (χ0v) is 12.1. The van der Waals surface area contributed by atoms with Crippen LogP contribution in [0, 0.1) is 6.92 Å². The number of nitrogens with zero attached hydrogens (tertiary/aromatic N) is 3. The molecule has 1 fully saturated rings. The Morgan fingerprint density at radius 2 is 2.20 bits per heavy atom. The van der Waals surface area contributed by atoms with Gasteiger partial charge in [0.2, 0.25) is 17.7 Å². The normalized spacial score (nSPS) is 23.6. The van der Waals surface area contributed by atoms with Gasteiger partial charge in [0.1, 0.15) is 5.54 Å². The molecule has 0 spiro atoms. The maximum Gasteiger partial charge on any atom is 0.248 e. The zero-order valence-electron chi connectivity index (χ0n) is 12.1. The zero-order chi connectivity index (χ0) is 14.8. The standard InChI is InChI=1S/C13H20N4O3/c1-4-13(3)12(19)17(7-5-10(18)15-13)8-6-11-14-9(2)16-20-11/h4-8H2,1-3H3,(H,15,18). The first-order valence-corrected chi connectivity index (χ1v) is 6.84. The van der Waals surface area contributed by atoms with E-state index in [1.807, 2.05) is 6.92 Å². The van der Waals surface area contributed by atoms with Crippen LogP contribution in [0.15, 0.2) is 4.52 Å². The molecule has 2 heterocycles. The van der Waals surface area contributed by atoms with E-state index >= 15 is 0 Å². The Bertz CT molecular complexity index is 513. The molecule has 1 aromatic rings. The first-order valence-electron chi connectivity index (χ1n) is 6.84. The highest BCUT2D eigenvalue weighted by Crippen LogP contribution is 2.17. The van der Waals surface area contributed by atoms with Crippen LogP contribution < -0.4 is 5.32 Å². The quantitative estimate of drug-likeness (QED) is 0.864. The van der Waals surface area contributed by atoms with Crippen molar-refractivity contribution in [2.45, 2.75) is 45.6 Å². The summed E-state index contributed by atoms with van der Waals surface area (Å²) in [5.74, 6) is 0.954. The van der Waals surface area contributed by atoms with Gasteiger partial charge in [-0.15, -0.1) is 0 Å².